The molecule has 3 N–H and O–H groups in total. The Balaban J connectivity index is 0.000000385. The van der Waals surface area contributed by atoms with E-state index in [1.807, 2.05) is 25.7 Å². The highest BCUT2D eigenvalue weighted by atomic mass is 32.2. The number of nitrogens with zero attached hydrogens (tertiary/aromatic N) is 4. The Morgan fingerprint density at radius 1 is 1.04 bits per heavy atom. The van der Waals surface area contributed by atoms with Crippen molar-refractivity contribution in [3.63, 3.8) is 0 Å². The van der Waals surface area contributed by atoms with Crippen LogP contribution in [-0.4, -0.2) is 78.9 Å². The molecule has 0 aliphatic carbocycles. The lowest BCUT2D eigenvalue weighted by Crippen LogP contribution is -2.41. The second-order valence-electron chi connectivity index (χ2n) is 12.4. The first-order valence-electron chi connectivity index (χ1n) is 15.6. The number of aromatic nitrogens is 2. The molecule has 2 saturated heterocycles. The van der Waals surface area contributed by atoms with Crippen LogP contribution in [-0.2, 0) is 14.9 Å². The molecule has 256 valence electrons. The molecular weight excluding hydrogens is 632 g/mol. The maximum atomic E-state index is 14.3. The quantitative estimate of drug-likeness (QED) is 0.305. The van der Waals surface area contributed by atoms with Gasteiger partial charge in [-0.05, 0) is 81.3 Å². The van der Waals surface area contributed by atoms with E-state index in [2.05, 4.69) is 16.9 Å². The van der Waals surface area contributed by atoms with E-state index in [9.17, 15) is 22.0 Å². The van der Waals surface area contributed by atoms with E-state index in [1.165, 1.54) is 18.2 Å². The fourth-order valence-corrected chi connectivity index (χ4v) is 6.15. The van der Waals surface area contributed by atoms with Gasteiger partial charge in [0.25, 0.3) is 10.1 Å². The summed E-state index contributed by atoms with van der Waals surface area (Å²) in [4.78, 5) is 24.5. The number of ether oxygens (including phenoxy) is 2. The van der Waals surface area contributed by atoms with E-state index in [1.54, 1.807) is 29.4 Å². The third-order valence-electron chi connectivity index (χ3n) is 8.39. The summed E-state index contributed by atoms with van der Waals surface area (Å²) in [7, 11) is -4.02. The molecule has 47 heavy (non-hydrogen) atoms. The molecule has 1 amide bonds. The van der Waals surface area contributed by atoms with Crippen molar-refractivity contribution >= 4 is 22.2 Å². The summed E-state index contributed by atoms with van der Waals surface area (Å²) in [5, 5.41) is 0. The number of likely N-dealkylation sites (tertiary alicyclic amines) is 1. The molecule has 5 rings (SSSR count). The Hall–Kier alpha value is -3.88. The minimum atomic E-state index is -4.02. The molecule has 1 aromatic heterocycles. The first-order chi connectivity index (χ1) is 22.2. The molecule has 11 nitrogen and oxygen atoms in total. The molecule has 2 aliphatic heterocycles. The van der Waals surface area contributed by atoms with Crippen LogP contribution in [0.1, 0.15) is 50.7 Å². The van der Waals surface area contributed by atoms with Gasteiger partial charge in [0.2, 0.25) is 5.95 Å². The topological polar surface area (TPSA) is 148 Å². The SMILES string of the molecule is CC(C)OC(=O)N1CCC([C@H](C)COc2cnc(N3C[C@H](c4cc(F)ccc4F)[C@@H](N)C3)nc2)CC1.Cc1ccc(S(=O)(=O)O)cc1. The van der Waals surface area contributed by atoms with Crippen LogP contribution in [0.5, 0.6) is 5.75 Å². The van der Waals surface area contributed by atoms with E-state index in [0.29, 0.717) is 56.3 Å². The van der Waals surface area contributed by atoms with Gasteiger partial charge in [0.1, 0.15) is 11.6 Å². The Bertz CT molecular complexity index is 1590. The third kappa shape index (κ3) is 10.1. The number of amides is 1. The fraction of sp³-hybridized carbons (Fsp3) is 0.485. The van der Waals surface area contributed by atoms with E-state index < -0.39 is 21.8 Å². The predicted octanol–water partition coefficient (Wildman–Crippen LogP) is 5.20. The molecule has 0 saturated carbocycles. The average Bonchev–Trinajstić information content (AvgIpc) is 3.42. The number of anilines is 1. The molecule has 0 radical (unpaired) electrons. The smallest absolute Gasteiger partial charge is 0.410 e. The van der Waals surface area contributed by atoms with Gasteiger partial charge < -0.3 is 25.0 Å². The second-order valence-corrected chi connectivity index (χ2v) is 13.8. The van der Waals surface area contributed by atoms with Crippen LogP contribution in [0, 0.1) is 30.4 Å². The van der Waals surface area contributed by atoms with E-state index in [-0.39, 0.29) is 34.6 Å². The Labute approximate surface area is 274 Å². The lowest BCUT2D eigenvalue weighted by atomic mass is 9.86. The van der Waals surface area contributed by atoms with Crippen molar-refractivity contribution < 1.29 is 36.0 Å². The van der Waals surface area contributed by atoms with Crippen LogP contribution in [0.2, 0.25) is 0 Å². The lowest BCUT2D eigenvalue weighted by molar-refractivity contribution is 0.0577. The minimum absolute atomic E-state index is 0.0666. The summed E-state index contributed by atoms with van der Waals surface area (Å²) < 4.78 is 68.7. The average molecular weight is 676 g/mol. The van der Waals surface area contributed by atoms with Gasteiger partial charge >= 0.3 is 6.09 Å². The van der Waals surface area contributed by atoms with Crippen molar-refractivity contribution in [2.45, 2.75) is 63.5 Å². The van der Waals surface area contributed by atoms with Crippen molar-refractivity contribution in [3.05, 3.63) is 77.6 Å². The van der Waals surface area contributed by atoms with Crippen molar-refractivity contribution in [1.29, 1.82) is 0 Å². The highest BCUT2D eigenvalue weighted by Gasteiger charge is 2.34. The first kappa shape index (κ1) is 36.0. The molecule has 3 heterocycles. The van der Waals surface area contributed by atoms with E-state index in [0.717, 1.165) is 30.5 Å². The molecule has 2 aromatic carbocycles. The zero-order chi connectivity index (χ0) is 34.3. The van der Waals surface area contributed by atoms with Gasteiger partial charge in [-0.3, -0.25) is 4.55 Å². The number of nitrogens with two attached hydrogens (primary N) is 1. The number of rotatable bonds is 8. The van der Waals surface area contributed by atoms with Crippen molar-refractivity contribution in [3.8, 4) is 5.75 Å². The number of aryl methyl sites for hydroxylation is 1. The highest BCUT2D eigenvalue weighted by molar-refractivity contribution is 7.85. The summed E-state index contributed by atoms with van der Waals surface area (Å²) in [6, 6.07) is 9.08. The fourth-order valence-electron chi connectivity index (χ4n) is 5.67. The monoisotopic (exact) mass is 675 g/mol. The second kappa shape index (κ2) is 15.8. The summed E-state index contributed by atoms with van der Waals surface area (Å²) in [6.07, 6.45) is 4.72. The number of halogens is 2. The molecule has 0 unspecified atom stereocenters. The van der Waals surface area contributed by atoms with Crippen molar-refractivity contribution in [2.24, 2.45) is 17.6 Å². The maximum Gasteiger partial charge on any atom is 0.410 e. The normalized spacial score (nSPS) is 19.3. The summed E-state index contributed by atoms with van der Waals surface area (Å²) in [6.45, 7) is 10.5. The molecule has 3 atom stereocenters. The van der Waals surface area contributed by atoms with E-state index in [4.69, 9.17) is 19.8 Å². The van der Waals surface area contributed by atoms with Gasteiger partial charge in [0, 0.05) is 38.1 Å². The van der Waals surface area contributed by atoms with Gasteiger partial charge in [0.05, 0.1) is 30.0 Å². The van der Waals surface area contributed by atoms with E-state index >= 15 is 0 Å². The predicted molar refractivity (Wildman–Crippen MR) is 173 cm³/mol. The Kier molecular flexibility index (Phi) is 12.1. The molecule has 2 fully saturated rings. The zero-order valence-corrected chi connectivity index (χ0v) is 27.9. The van der Waals surface area contributed by atoms with Crippen LogP contribution < -0.4 is 15.4 Å². The molecule has 0 bridgehead atoms. The van der Waals surface area contributed by atoms with Gasteiger partial charge in [-0.25, -0.2) is 23.5 Å². The van der Waals surface area contributed by atoms with Crippen molar-refractivity contribution in [2.75, 3.05) is 37.7 Å². The Morgan fingerprint density at radius 2 is 1.68 bits per heavy atom. The molecular formula is C33H43F2N5O6S. The first-order valence-corrected chi connectivity index (χ1v) is 17.0. The number of benzene rings is 2. The van der Waals surface area contributed by atoms with Crippen LogP contribution in [0.25, 0.3) is 0 Å². The van der Waals surface area contributed by atoms with Gasteiger partial charge in [-0.15, -0.1) is 0 Å². The lowest BCUT2D eigenvalue weighted by Gasteiger charge is -2.34. The molecule has 0 spiro atoms. The minimum Gasteiger partial charge on any atom is -0.490 e. The maximum absolute atomic E-state index is 14.3. The number of hydrogen-bond acceptors (Lipinski definition) is 9. The highest BCUT2D eigenvalue weighted by Crippen LogP contribution is 2.31. The molecule has 14 heteroatoms. The van der Waals surface area contributed by atoms with Gasteiger partial charge in [0.15, 0.2) is 5.75 Å². The van der Waals surface area contributed by atoms with Gasteiger partial charge in [-0.2, -0.15) is 8.42 Å². The van der Waals surface area contributed by atoms with Crippen LogP contribution in [0.15, 0.2) is 59.8 Å². The standard InChI is InChI=1S/C26H35F2N5O3.C7H8O3S/c1-16(2)36-26(34)32-8-6-18(7-9-32)17(3)15-35-20-11-30-25(31-12-20)33-13-22(24(29)14-33)21-10-19(27)4-5-23(21)28;1-6-2-4-7(5-3-6)11(8,9)10/h4-5,10-12,16-18,22,24H,6-9,13-15,29H2,1-3H3;2-5H,1H3,(H,8,9,10)/t17-,22-,24+;/m1./s1. The number of piperidine rings is 1. The number of carbonyl (C=O) groups excluding carboxylic acids is 1. The largest absolute Gasteiger partial charge is 0.490 e. The molecule has 2 aliphatic rings. The van der Waals surface area contributed by atoms with Crippen LogP contribution in [0.4, 0.5) is 19.5 Å². The third-order valence-corrected chi connectivity index (χ3v) is 9.26. The zero-order valence-electron chi connectivity index (χ0n) is 27.1. The number of hydrogen-bond donors (Lipinski definition) is 2. The molecule has 3 aromatic rings. The number of carbonyl (C=O) groups is 1. The van der Waals surface area contributed by atoms with Crippen LogP contribution in [0.3, 0.4) is 0 Å². The Morgan fingerprint density at radius 3 is 2.28 bits per heavy atom. The van der Waals surface area contributed by atoms with Crippen molar-refractivity contribution in [1.82, 2.24) is 14.9 Å². The summed E-state index contributed by atoms with van der Waals surface area (Å²) in [5.74, 6) is 0.526. The van der Waals surface area contributed by atoms with Crippen LogP contribution >= 0.6 is 0 Å². The summed E-state index contributed by atoms with van der Waals surface area (Å²) >= 11 is 0. The van der Waals surface area contributed by atoms with Gasteiger partial charge in [-0.1, -0.05) is 24.6 Å². The summed E-state index contributed by atoms with van der Waals surface area (Å²) in [5.41, 5.74) is 7.48.